The summed E-state index contributed by atoms with van der Waals surface area (Å²) in [6.07, 6.45) is 8.13. The van der Waals surface area contributed by atoms with Gasteiger partial charge in [-0.3, -0.25) is 14.7 Å². The number of H-pyrrole nitrogens is 1. The Kier molecular flexibility index (Phi) is 8.11. The van der Waals surface area contributed by atoms with Gasteiger partial charge in [-0.25, -0.2) is 4.98 Å². The lowest BCUT2D eigenvalue weighted by molar-refractivity contribution is 0.0425. The Morgan fingerprint density at radius 2 is 2.24 bits per heavy atom. The van der Waals surface area contributed by atoms with Gasteiger partial charge in [-0.1, -0.05) is 12.7 Å². The third-order valence-electron chi connectivity index (χ3n) is 5.85. The average Bonchev–Trinajstić information content (AvgIpc) is 3.11. The van der Waals surface area contributed by atoms with Crippen molar-refractivity contribution in [1.29, 1.82) is 0 Å². The van der Waals surface area contributed by atoms with E-state index in [1.165, 1.54) is 6.07 Å². The average molecular weight is 401 g/mol. The fraction of sp³-hybridized carbons (Fsp3) is 0.609. The van der Waals surface area contributed by atoms with Crippen molar-refractivity contribution < 1.29 is 4.74 Å². The van der Waals surface area contributed by atoms with E-state index in [0.29, 0.717) is 13.2 Å². The molecular weight excluding hydrogens is 364 g/mol. The van der Waals surface area contributed by atoms with E-state index in [1.807, 2.05) is 33.0 Å². The van der Waals surface area contributed by atoms with Gasteiger partial charge in [0.1, 0.15) is 5.82 Å². The fourth-order valence-corrected chi connectivity index (χ4v) is 3.89. The van der Waals surface area contributed by atoms with Crippen molar-refractivity contribution in [3.63, 3.8) is 0 Å². The molecule has 1 N–H and O–H groups in total. The summed E-state index contributed by atoms with van der Waals surface area (Å²) >= 11 is 0. The second-order valence-corrected chi connectivity index (χ2v) is 8.61. The van der Waals surface area contributed by atoms with Gasteiger partial charge >= 0.3 is 0 Å². The zero-order valence-electron chi connectivity index (χ0n) is 18.6. The quantitative estimate of drug-likeness (QED) is 0.479. The van der Waals surface area contributed by atoms with Gasteiger partial charge in [0, 0.05) is 54.7 Å². The van der Waals surface area contributed by atoms with Crippen molar-refractivity contribution in [2.45, 2.75) is 59.4 Å². The van der Waals surface area contributed by atoms with Crippen LogP contribution in [0.25, 0.3) is 0 Å². The standard InChI is InChI=1S/C23H36N4O2/c1-7-19(15-25-18(3)4)22(5,6)27-14-12-23(16-27,17-29-8-2)11-9-20-24-13-10-21(28)26-20/h7,10,13,15H,1,8-9,11-12,14,16-17H2,2-6H3,(H,24,26,28)/b19-15+/t23-/m1/s1. The topological polar surface area (TPSA) is 70.6 Å². The zero-order valence-corrected chi connectivity index (χ0v) is 18.6. The first-order chi connectivity index (χ1) is 13.7. The van der Waals surface area contributed by atoms with Crippen LogP contribution in [0.2, 0.25) is 0 Å². The van der Waals surface area contributed by atoms with Gasteiger partial charge in [0.15, 0.2) is 0 Å². The number of hydrogen-bond donors (Lipinski definition) is 1. The summed E-state index contributed by atoms with van der Waals surface area (Å²) in [7, 11) is 0. The number of aliphatic imine (C=N–C) groups is 1. The predicted octanol–water partition coefficient (Wildman–Crippen LogP) is 3.76. The normalized spacial score (nSPS) is 20.7. The number of ether oxygens (including phenoxy) is 1. The predicted molar refractivity (Wildman–Crippen MR) is 119 cm³/mol. The number of hydrogen-bond acceptors (Lipinski definition) is 5. The van der Waals surface area contributed by atoms with Gasteiger partial charge in [-0.05, 0) is 59.6 Å². The van der Waals surface area contributed by atoms with Crippen LogP contribution in [0.15, 0.2) is 46.5 Å². The lowest BCUT2D eigenvalue weighted by atomic mass is 9.82. The molecule has 0 saturated carbocycles. The van der Waals surface area contributed by atoms with Crippen molar-refractivity contribution in [3.05, 3.63) is 52.9 Å². The Balaban J connectivity index is 2.19. The molecule has 29 heavy (non-hydrogen) atoms. The number of aryl methyl sites for hydroxylation is 1. The molecule has 1 saturated heterocycles. The molecule has 6 nitrogen and oxygen atoms in total. The molecule has 0 bridgehead atoms. The van der Waals surface area contributed by atoms with Crippen LogP contribution in [-0.4, -0.2) is 52.4 Å². The molecule has 6 heteroatoms. The minimum absolute atomic E-state index is 0.0396. The van der Waals surface area contributed by atoms with Gasteiger partial charge in [-0.15, -0.1) is 0 Å². The summed E-state index contributed by atoms with van der Waals surface area (Å²) in [6, 6.07) is 1.45. The number of likely N-dealkylation sites (tertiary alicyclic amines) is 1. The molecule has 1 atom stereocenters. The summed E-state index contributed by atoms with van der Waals surface area (Å²) in [5.41, 5.74) is 1.90. The summed E-state index contributed by atoms with van der Waals surface area (Å²) < 4.78 is 5.88. The van der Waals surface area contributed by atoms with E-state index in [1.54, 1.807) is 6.20 Å². The maximum atomic E-state index is 11.6. The molecule has 2 rings (SSSR count). The first kappa shape index (κ1) is 23.2. The Labute approximate surface area is 174 Å². The number of rotatable bonds is 10. The summed E-state index contributed by atoms with van der Waals surface area (Å²) in [5.74, 6) is 0.741. The molecule has 2 heterocycles. The lowest BCUT2D eigenvalue weighted by Gasteiger charge is -2.38. The highest BCUT2D eigenvalue weighted by Gasteiger charge is 2.43. The molecule has 1 aliphatic rings. The first-order valence-electron chi connectivity index (χ1n) is 10.4. The van der Waals surface area contributed by atoms with Crippen molar-refractivity contribution >= 4 is 5.71 Å². The number of aromatic amines is 1. The zero-order chi connectivity index (χ0) is 21.5. The highest BCUT2D eigenvalue weighted by molar-refractivity contribution is 5.79. The van der Waals surface area contributed by atoms with E-state index in [2.05, 4.69) is 40.3 Å². The monoisotopic (exact) mass is 400 g/mol. The maximum Gasteiger partial charge on any atom is 0.250 e. The molecule has 0 amide bonds. The Morgan fingerprint density at radius 1 is 1.48 bits per heavy atom. The molecule has 0 radical (unpaired) electrons. The van der Waals surface area contributed by atoms with E-state index >= 15 is 0 Å². The highest BCUT2D eigenvalue weighted by atomic mass is 16.5. The lowest BCUT2D eigenvalue weighted by Crippen LogP contribution is -2.45. The van der Waals surface area contributed by atoms with E-state index < -0.39 is 0 Å². The molecular formula is C23H36N4O2. The van der Waals surface area contributed by atoms with Crippen LogP contribution < -0.4 is 5.56 Å². The largest absolute Gasteiger partial charge is 0.381 e. The SMILES string of the molecule is C=C/C(=C\N=C(C)C)C(C)(C)N1CC[C@@](CCc2nccc(=O)[nH]2)(COCC)C1. The molecule has 0 aromatic carbocycles. The van der Waals surface area contributed by atoms with Crippen LogP contribution in [0.4, 0.5) is 0 Å². The van der Waals surface area contributed by atoms with Gasteiger partial charge in [0.25, 0.3) is 5.56 Å². The van der Waals surface area contributed by atoms with E-state index in [-0.39, 0.29) is 16.5 Å². The minimum Gasteiger partial charge on any atom is -0.381 e. The maximum absolute atomic E-state index is 11.6. The van der Waals surface area contributed by atoms with E-state index in [4.69, 9.17) is 4.74 Å². The molecule has 160 valence electrons. The molecule has 1 aromatic rings. The van der Waals surface area contributed by atoms with Crippen molar-refractivity contribution in [1.82, 2.24) is 14.9 Å². The number of aromatic nitrogens is 2. The number of nitrogens with one attached hydrogen (secondary N) is 1. The van der Waals surface area contributed by atoms with Crippen molar-refractivity contribution in [2.75, 3.05) is 26.3 Å². The molecule has 1 aliphatic heterocycles. The Morgan fingerprint density at radius 3 is 2.86 bits per heavy atom. The summed E-state index contributed by atoms with van der Waals surface area (Å²) in [5, 5.41) is 0. The van der Waals surface area contributed by atoms with Crippen molar-refractivity contribution in [3.8, 4) is 0 Å². The summed E-state index contributed by atoms with van der Waals surface area (Å²) in [4.78, 5) is 25.7. The highest BCUT2D eigenvalue weighted by Crippen LogP contribution is 2.40. The van der Waals surface area contributed by atoms with E-state index in [9.17, 15) is 4.79 Å². The first-order valence-corrected chi connectivity index (χ1v) is 10.4. The van der Waals surface area contributed by atoms with E-state index in [0.717, 1.165) is 49.5 Å². The van der Waals surface area contributed by atoms with Gasteiger partial charge < -0.3 is 9.72 Å². The third kappa shape index (κ3) is 6.21. The second kappa shape index (κ2) is 10.1. The minimum atomic E-state index is -0.173. The van der Waals surface area contributed by atoms with Crippen LogP contribution in [0.5, 0.6) is 0 Å². The Bertz CT molecular complexity index is 805. The van der Waals surface area contributed by atoms with Gasteiger partial charge in [0.2, 0.25) is 0 Å². The van der Waals surface area contributed by atoms with Crippen LogP contribution in [0, 0.1) is 5.41 Å². The van der Waals surface area contributed by atoms with Crippen LogP contribution in [-0.2, 0) is 11.2 Å². The molecule has 0 unspecified atom stereocenters. The van der Waals surface area contributed by atoms with Gasteiger partial charge in [0.05, 0.1) is 6.61 Å². The van der Waals surface area contributed by atoms with Crippen LogP contribution in [0.3, 0.4) is 0 Å². The second-order valence-electron chi connectivity index (χ2n) is 8.61. The van der Waals surface area contributed by atoms with Crippen LogP contribution >= 0.6 is 0 Å². The molecule has 1 aromatic heterocycles. The third-order valence-corrected chi connectivity index (χ3v) is 5.85. The molecule has 0 spiro atoms. The molecule has 1 fully saturated rings. The van der Waals surface area contributed by atoms with Gasteiger partial charge in [-0.2, -0.15) is 0 Å². The van der Waals surface area contributed by atoms with Crippen LogP contribution in [0.1, 0.15) is 53.3 Å². The number of nitrogens with zero attached hydrogens (tertiary/aromatic N) is 3. The smallest absolute Gasteiger partial charge is 0.250 e. The molecule has 0 aliphatic carbocycles. The fourth-order valence-electron chi connectivity index (χ4n) is 3.89. The summed E-state index contributed by atoms with van der Waals surface area (Å²) in [6.45, 7) is 17.8. The van der Waals surface area contributed by atoms with Crippen molar-refractivity contribution in [2.24, 2.45) is 10.4 Å². The Hall–Kier alpha value is -2.05.